The molecule has 3 rings (SSSR count). The Kier molecular flexibility index (Phi) is 4.07. The van der Waals surface area contributed by atoms with Gasteiger partial charge in [0.05, 0.1) is 11.0 Å². The van der Waals surface area contributed by atoms with Crippen molar-refractivity contribution in [3.63, 3.8) is 0 Å². The molecule has 0 radical (unpaired) electrons. The maximum atomic E-state index is 12.7. The molecule has 2 heterocycles. The minimum Gasteiger partial charge on any atom is -0.342 e. The standard InChI is InChI=1S/C18H24N4O2/c1-12-19-14-6-5-13(11-15(14)20-12)16(23)21-7-9-22(10-8-21)17(24)18(2,3)4/h5-6,11H,7-10H2,1-4H3,(H,19,20). The second kappa shape index (κ2) is 5.92. The fraction of sp³-hybridized carbons (Fsp3) is 0.500. The van der Waals surface area contributed by atoms with E-state index in [2.05, 4.69) is 9.97 Å². The Bertz CT molecular complexity index is 780. The van der Waals surface area contributed by atoms with Gasteiger partial charge in [0.15, 0.2) is 0 Å². The molecule has 1 aromatic carbocycles. The van der Waals surface area contributed by atoms with Gasteiger partial charge in [0.1, 0.15) is 5.82 Å². The molecule has 6 heteroatoms. The fourth-order valence-corrected chi connectivity index (χ4v) is 3.04. The van der Waals surface area contributed by atoms with Crippen molar-refractivity contribution >= 4 is 22.8 Å². The van der Waals surface area contributed by atoms with E-state index in [4.69, 9.17) is 0 Å². The quantitative estimate of drug-likeness (QED) is 0.872. The van der Waals surface area contributed by atoms with Gasteiger partial charge < -0.3 is 14.8 Å². The van der Waals surface area contributed by atoms with Gasteiger partial charge in [0, 0.05) is 37.2 Å². The average Bonchev–Trinajstić information content (AvgIpc) is 2.91. The van der Waals surface area contributed by atoms with Crippen LogP contribution in [0.25, 0.3) is 11.0 Å². The van der Waals surface area contributed by atoms with Crippen molar-refractivity contribution in [2.45, 2.75) is 27.7 Å². The molecule has 1 aliphatic rings. The summed E-state index contributed by atoms with van der Waals surface area (Å²) in [4.78, 5) is 36.2. The minimum atomic E-state index is -0.379. The number of rotatable bonds is 1. The Balaban J connectivity index is 1.69. The molecule has 2 amide bonds. The van der Waals surface area contributed by atoms with E-state index in [-0.39, 0.29) is 17.2 Å². The number of nitrogens with one attached hydrogen (secondary N) is 1. The van der Waals surface area contributed by atoms with Crippen LogP contribution in [0.15, 0.2) is 18.2 Å². The molecule has 0 saturated carbocycles. The lowest BCUT2D eigenvalue weighted by atomic mass is 9.94. The smallest absolute Gasteiger partial charge is 0.254 e. The van der Waals surface area contributed by atoms with Crippen LogP contribution < -0.4 is 0 Å². The minimum absolute atomic E-state index is 0.00649. The first-order valence-electron chi connectivity index (χ1n) is 8.31. The molecule has 1 fully saturated rings. The number of carbonyl (C=O) groups is 2. The number of benzene rings is 1. The maximum Gasteiger partial charge on any atom is 0.254 e. The van der Waals surface area contributed by atoms with E-state index in [0.717, 1.165) is 16.9 Å². The van der Waals surface area contributed by atoms with Gasteiger partial charge in [-0.15, -0.1) is 0 Å². The van der Waals surface area contributed by atoms with Crippen molar-refractivity contribution in [1.82, 2.24) is 19.8 Å². The van der Waals surface area contributed by atoms with E-state index < -0.39 is 0 Å². The number of amides is 2. The summed E-state index contributed by atoms with van der Waals surface area (Å²) >= 11 is 0. The molecular formula is C18H24N4O2. The zero-order valence-corrected chi connectivity index (χ0v) is 14.7. The highest BCUT2D eigenvalue weighted by Crippen LogP contribution is 2.20. The SMILES string of the molecule is Cc1nc2ccc(C(=O)N3CCN(C(=O)C(C)(C)C)CC3)cc2[nH]1. The normalized spacial score (nSPS) is 15.8. The number of aromatic amines is 1. The molecule has 0 unspecified atom stereocenters. The topological polar surface area (TPSA) is 69.3 Å². The molecule has 0 spiro atoms. The number of imidazole rings is 1. The second-order valence-corrected chi connectivity index (χ2v) is 7.39. The van der Waals surface area contributed by atoms with Crippen LogP contribution >= 0.6 is 0 Å². The summed E-state index contributed by atoms with van der Waals surface area (Å²) in [6, 6.07) is 5.54. The second-order valence-electron chi connectivity index (χ2n) is 7.39. The highest BCUT2D eigenvalue weighted by atomic mass is 16.2. The molecule has 1 aromatic heterocycles. The summed E-state index contributed by atoms with van der Waals surface area (Å²) in [5.41, 5.74) is 2.02. The molecule has 2 aromatic rings. The number of nitrogens with zero attached hydrogens (tertiary/aromatic N) is 3. The Morgan fingerprint density at radius 1 is 1.08 bits per heavy atom. The number of aromatic nitrogens is 2. The Morgan fingerprint density at radius 2 is 1.71 bits per heavy atom. The fourth-order valence-electron chi connectivity index (χ4n) is 3.04. The highest BCUT2D eigenvalue weighted by molar-refractivity contribution is 5.97. The number of piperazine rings is 1. The lowest BCUT2D eigenvalue weighted by Crippen LogP contribution is -2.53. The van der Waals surface area contributed by atoms with Crippen LogP contribution in [0, 0.1) is 12.3 Å². The van der Waals surface area contributed by atoms with E-state index in [1.807, 2.05) is 55.7 Å². The maximum absolute atomic E-state index is 12.7. The molecule has 1 aliphatic heterocycles. The van der Waals surface area contributed by atoms with Crippen molar-refractivity contribution in [2.24, 2.45) is 5.41 Å². The van der Waals surface area contributed by atoms with Gasteiger partial charge in [0.2, 0.25) is 5.91 Å². The summed E-state index contributed by atoms with van der Waals surface area (Å²) < 4.78 is 0. The van der Waals surface area contributed by atoms with Crippen LogP contribution in [0.3, 0.4) is 0 Å². The molecule has 0 aliphatic carbocycles. The summed E-state index contributed by atoms with van der Waals surface area (Å²) in [5, 5.41) is 0. The summed E-state index contributed by atoms with van der Waals surface area (Å²) in [6.45, 7) is 9.99. The van der Waals surface area contributed by atoms with E-state index >= 15 is 0 Å². The largest absolute Gasteiger partial charge is 0.342 e. The van der Waals surface area contributed by atoms with E-state index in [0.29, 0.717) is 31.7 Å². The Hall–Kier alpha value is -2.37. The molecule has 128 valence electrons. The van der Waals surface area contributed by atoms with Gasteiger partial charge in [-0.3, -0.25) is 9.59 Å². The first-order chi connectivity index (χ1) is 11.3. The van der Waals surface area contributed by atoms with Crippen molar-refractivity contribution in [2.75, 3.05) is 26.2 Å². The highest BCUT2D eigenvalue weighted by Gasteiger charge is 2.31. The Morgan fingerprint density at radius 3 is 2.33 bits per heavy atom. The summed E-state index contributed by atoms with van der Waals surface area (Å²) in [7, 11) is 0. The first-order valence-corrected chi connectivity index (χ1v) is 8.31. The lowest BCUT2D eigenvalue weighted by molar-refractivity contribution is -0.140. The van der Waals surface area contributed by atoms with Crippen molar-refractivity contribution in [1.29, 1.82) is 0 Å². The van der Waals surface area contributed by atoms with Crippen LogP contribution in [0.5, 0.6) is 0 Å². The molecule has 0 atom stereocenters. The molecule has 1 N–H and O–H groups in total. The zero-order valence-electron chi connectivity index (χ0n) is 14.7. The van der Waals surface area contributed by atoms with Crippen molar-refractivity contribution in [3.05, 3.63) is 29.6 Å². The van der Waals surface area contributed by atoms with Gasteiger partial charge in [-0.2, -0.15) is 0 Å². The van der Waals surface area contributed by atoms with Crippen LogP contribution in [0.4, 0.5) is 0 Å². The van der Waals surface area contributed by atoms with Crippen LogP contribution in [-0.4, -0.2) is 57.8 Å². The number of aryl methyl sites for hydroxylation is 1. The van der Waals surface area contributed by atoms with E-state index in [1.54, 1.807) is 0 Å². The van der Waals surface area contributed by atoms with Crippen molar-refractivity contribution in [3.8, 4) is 0 Å². The predicted molar refractivity (Wildman–Crippen MR) is 92.8 cm³/mol. The number of hydrogen-bond acceptors (Lipinski definition) is 3. The lowest BCUT2D eigenvalue weighted by Gasteiger charge is -2.37. The summed E-state index contributed by atoms with van der Waals surface area (Å²) in [5.74, 6) is 0.986. The zero-order chi connectivity index (χ0) is 17.5. The van der Waals surface area contributed by atoms with Crippen LogP contribution in [-0.2, 0) is 4.79 Å². The van der Waals surface area contributed by atoms with Gasteiger partial charge in [-0.1, -0.05) is 20.8 Å². The van der Waals surface area contributed by atoms with E-state index in [1.165, 1.54) is 0 Å². The summed E-state index contributed by atoms with van der Waals surface area (Å²) in [6.07, 6.45) is 0. The van der Waals surface area contributed by atoms with Crippen LogP contribution in [0.2, 0.25) is 0 Å². The van der Waals surface area contributed by atoms with E-state index in [9.17, 15) is 9.59 Å². The number of hydrogen-bond donors (Lipinski definition) is 1. The van der Waals surface area contributed by atoms with Gasteiger partial charge in [-0.25, -0.2) is 4.98 Å². The number of fused-ring (bicyclic) bond motifs is 1. The molecule has 24 heavy (non-hydrogen) atoms. The Labute approximate surface area is 141 Å². The number of carbonyl (C=O) groups excluding carboxylic acids is 2. The van der Waals surface area contributed by atoms with Crippen LogP contribution in [0.1, 0.15) is 37.0 Å². The average molecular weight is 328 g/mol. The van der Waals surface area contributed by atoms with Gasteiger partial charge in [-0.05, 0) is 25.1 Å². The molecule has 0 bridgehead atoms. The van der Waals surface area contributed by atoms with Gasteiger partial charge >= 0.3 is 0 Å². The third kappa shape index (κ3) is 3.13. The number of H-pyrrole nitrogens is 1. The predicted octanol–water partition coefficient (Wildman–Crippen LogP) is 2.20. The molecule has 1 saturated heterocycles. The first kappa shape index (κ1) is 16.5. The van der Waals surface area contributed by atoms with Crippen molar-refractivity contribution < 1.29 is 9.59 Å². The van der Waals surface area contributed by atoms with Gasteiger partial charge in [0.25, 0.3) is 5.91 Å². The third-order valence-corrected chi connectivity index (χ3v) is 4.34. The monoisotopic (exact) mass is 328 g/mol. The molecular weight excluding hydrogens is 304 g/mol. The third-order valence-electron chi connectivity index (χ3n) is 4.34. The molecule has 6 nitrogen and oxygen atoms in total.